The van der Waals surface area contributed by atoms with E-state index in [1.54, 1.807) is 0 Å². The zero-order valence-electron chi connectivity index (χ0n) is 29.8. The summed E-state index contributed by atoms with van der Waals surface area (Å²) >= 11 is 0. The average Bonchev–Trinajstić information content (AvgIpc) is 2.90. The highest BCUT2D eigenvalue weighted by atomic mass is 31.2. The van der Waals surface area contributed by atoms with Crippen molar-refractivity contribution < 1.29 is 27.1 Å². The molecule has 0 radical (unpaired) electrons. The maximum absolute atomic E-state index is 6.29. The molecule has 4 rings (SSSR count). The monoisotopic (exact) mass is 644 g/mol. The lowest BCUT2D eigenvalue weighted by Gasteiger charge is -2.46. The first-order valence-corrected chi connectivity index (χ1v) is 19.3. The molecule has 43 heavy (non-hydrogen) atoms. The van der Waals surface area contributed by atoms with Gasteiger partial charge in [-0.15, -0.1) is 0 Å². The van der Waals surface area contributed by atoms with Gasteiger partial charge in [-0.1, -0.05) is 83.1 Å². The maximum atomic E-state index is 6.29. The Kier molecular flexibility index (Phi) is 11.9. The summed E-state index contributed by atoms with van der Waals surface area (Å²) in [6.45, 7) is 32.3. The zero-order valence-corrected chi connectivity index (χ0v) is 31.6. The molecule has 252 valence electrons. The van der Waals surface area contributed by atoms with Crippen molar-refractivity contribution in [3.63, 3.8) is 0 Å². The summed E-state index contributed by atoms with van der Waals surface area (Å²) in [5.74, 6) is 3.97. The Bertz CT molecular complexity index is 749. The molecule has 0 aromatic carbocycles. The molecule has 1 spiro atoms. The van der Waals surface area contributed by atoms with Gasteiger partial charge in [-0.25, -0.2) is 0 Å². The van der Waals surface area contributed by atoms with Gasteiger partial charge in [0.2, 0.25) is 0 Å². The molecule has 2 heterocycles. The molecule has 0 amide bonds. The molecule has 2 aliphatic heterocycles. The molecule has 0 bridgehead atoms. The molecule has 4 atom stereocenters. The van der Waals surface area contributed by atoms with Crippen LogP contribution in [0, 0.1) is 62.6 Å². The van der Waals surface area contributed by atoms with E-state index in [1.165, 1.54) is 38.5 Å². The first-order chi connectivity index (χ1) is 19.7. The summed E-state index contributed by atoms with van der Waals surface area (Å²) < 4.78 is 37.2. The van der Waals surface area contributed by atoms with Crippen molar-refractivity contribution in [1.82, 2.24) is 0 Å². The van der Waals surface area contributed by atoms with Crippen LogP contribution in [-0.2, 0) is 27.1 Å². The first-order valence-electron chi connectivity index (χ1n) is 17.1. The van der Waals surface area contributed by atoms with Crippen molar-refractivity contribution in [3.05, 3.63) is 0 Å². The standard InChI is InChI=1S/C35H66O6P2/c1-31(2,3)27-13-25(14-28(17-27)32(4,5)6)19-36-42-38-21-35(22-39-42)23-40-43(41-24-35)37-20-26-15-29(33(7,8)9)18-30(16-26)34(10,11)12/h25-30H,13-24H2,1-12H3. The van der Waals surface area contributed by atoms with Gasteiger partial charge in [-0.05, 0) is 95.7 Å². The predicted octanol–water partition coefficient (Wildman–Crippen LogP) is 10.8. The molecule has 0 aromatic rings. The van der Waals surface area contributed by atoms with E-state index in [-0.39, 0.29) is 5.41 Å². The minimum atomic E-state index is -1.32. The molecule has 2 saturated heterocycles. The Morgan fingerprint density at radius 1 is 0.465 bits per heavy atom. The van der Waals surface area contributed by atoms with Crippen LogP contribution in [0.3, 0.4) is 0 Å². The summed E-state index contributed by atoms with van der Waals surface area (Å²) in [4.78, 5) is 0. The molecular weight excluding hydrogens is 578 g/mol. The van der Waals surface area contributed by atoms with E-state index in [2.05, 4.69) is 83.1 Å². The summed E-state index contributed by atoms with van der Waals surface area (Å²) in [7, 11) is -2.65. The Morgan fingerprint density at radius 2 is 0.721 bits per heavy atom. The van der Waals surface area contributed by atoms with Gasteiger partial charge in [0.05, 0.1) is 45.1 Å². The Hall–Kier alpha value is 0.620. The third-order valence-corrected chi connectivity index (χ3v) is 13.3. The lowest BCUT2D eigenvalue weighted by Crippen LogP contribution is -2.45. The predicted molar refractivity (Wildman–Crippen MR) is 178 cm³/mol. The van der Waals surface area contributed by atoms with Crippen molar-refractivity contribution in [1.29, 1.82) is 0 Å². The van der Waals surface area contributed by atoms with E-state index in [0.29, 0.717) is 59.9 Å². The van der Waals surface area contributed by atoms with Gasteiger partial charge in [-0.3, -0.25) is 0 Å². The summed E-state index contributed by atoms with van der Waals surface area (Å²) in [5, 5.41) is 0. The van der Waals surface area contributed by atoms with Gasteiger partial charge >= 0.3 is 17.2 Å². The van der Waals surface area contributed by atoms with Gasteiger partial charge in [0.25, 0.3) is 0 Å². The maximum Gasteiger partial charge on any atom is 0.332 e. The lowest BCUT2D eigenvalue weighted by atomic mass is 9.60. The molecular formula is C35H66O6P2. The zero-order chi connectivity index (χ0) is 31.8. The minimum absolute atomic E-state index is 0.274. The van der Waals surface area contributed by atoms with E-state index in [0.717, 1.165) is 36.9 Å². The smallest absolute Gasteiger partial charge is 0.312 e. The summed E-state index contributed by atoms with van der Waals surface area (Å²) in [6, 6.07) is 0. The first kappa shape index (κ1) is 36.5. The van der Waals surface area contributed by atoms with Gasteiger partial charge in [0, 0.05) is 0 Å². The summed E-state index contributed by atoms with van der Waals surface area (Å²) in [6.07, 6.45) is 7.53. The van der Waals surface area contributed by atoms with Gasteiger partial charge in [-0.2, -0.15) is 0 Å². The Morgan fingerprint density at radius 3 is 0.953 bits per heavy atom. The number of hydrogen-bond acceptors (Lipinski definition) is 6. The van der Waals surface area contributed by atoms with Crippen LogP contribution in [0.5, 0.6) is 0 Å². The molecule has 4 fully saturated rings. The van der Waals surface area contributed by atoms with Crippen LogP contribution < -0.4 is 0 Å². The largest absolute Gasteiger partial charge is 0.332 e. The van der Waals surface area contributed by atoms with Crippen molar-refractivity contribution >= 4 is 17.2 Å². The topological polar surface area (TPSA) is 55.4 Å². The molecule has 0 N–H and O–H groups in total. The van der Waals surface area contributed by atoms with Crippen LogP contribution in [0.15, 0.2) is 0 Å². The second-order valence-corrected chi connectivity index (χ2v) is 21.5. The summed E-state index contributed by atoms with van der Waals surface area (Å²) in [5.41, 5.74) is 1.01. The van der Waals surface area contributed by atoms with Crippen molar-refractivity contribution in [2.45, 2.75) is 122 Å². The van der Waals surface area contributed by atoms with Crippen molar-refractivity contribution in [2.75, 3.05) is 39.6 Å². The third-order valence-electron chi connectivity index (χ3n) is 11.2. The normalized spacial score (nSPS) is 38.8. The lowest BCUT2D eigenvalue weighted by molar-refractivity contribution is -0.0798. The Labute approximate surface area is 267 Å². The fourth-order valence-electron chi connectivity index (χ4n) is 7.54. The van der Waals surface area contributed by atoms with Gasteiger partial charge in [0.1, 0.15) is 0 Å². The fourth-order valence-corrected chi connectivity index (χ4v) is 10.2. The number of hydrogen-bond donors (Lipinski definition) is 0. The van der Waals surface area contributed by atoms with E-state index in [4.69, 9.17) is 27.1 Å². The molecule has 2 aliphatic carbocycles. The van der Waals surface area contributed by atoms with Crippen molar-refractivity contribution in [3.8, 4) is 0 Å². The molecule has 4 unspecified atom stereocenters. The molecule has 4 aliphatic rings. The van der Waals surface area contributed by atoms with Crippen LogP contribution in [0.1, 0.15) is 122 Å². The Balaban J connectivity index is 1.19. The number of rotatable bonds is 6. The second kappa shape index (κ2) is 14.0. The van der Waals surface area contributed by atoms with E-state index >= 15 is 0 Å². The average molecular weight is 645 g/mol. The highest BCUT2D eigenvalue weighted by molar-refractivity contribution is 7.42. The van der Waals surface area contributed by atoms with Crippen LogP contribution in [-0.4, -0.2) is 39.6 Å². The second-order valence-electron chi connectivity index (χ2n) is 19.0. The highest BCUT2D eigenvalue weighted by Gasteiger charge is 2.46. The van der Waals surface area contributed by atoms with Crippen LogP contribution in [0.25, 0.3) is 0 Å². The van der Waals surface area contributed by atoms with Crippen molar-refractivity contribution in [2.24, 2.45) is 62.6 Å². The van der Waals surface area contributed by atoms with E-state index < -0.39 is 17.2 Å². The van der Waals surface area contributed by atoms with E-state index in [1.807, 2.05) is 0 Å². The van der Waals surface area contributed by atoms with E-state index in [9.17, 15) is 0 Å². The quantitative estimate of drug-likeness (QED) is 0.268. The van der Waals surface area contributed by atoms with Crippen LogP contribution in [0.2, 0.25) is 0 Å². The SMILES string of the molecule is CC(C)(C)C1CC(COP2OCC3(CO2)COP(OCC2CC(C(C)(C)C)CC(C(C)(C)C)C2)OC3)CC(C(C)(C)C)C1. The van der Waals surface area contributed by atoms with Gasteiger partial charge in [0.15, 0.2) is 0 Å². The molecule has 0 aromatic heterocycles. The highest BCUT2D eigenvalue weighted by Crippen LogP contribution is 2.55. The van der Waals surface area contributed by atoms with Gasteiger partial charge < -0.3 is 27.1 Å². The van der Waals surface area contributed by atoms with Crippen LogP contribution >= 0.6 is 17.2 Å². The fraction of sp³-hybridized carbons (Fsp3) is 1.00. The molecule has 8 heteroatoms. The van der Waals surface area contributed by atoms with Crippen LogP contribution in [0.4, 0.5) is 0 Å². The third kappa shape index (κ3) is 10.3. The minimum Gasteiger partial charge on any atom is -0.312 e. The molecule has 6 nitrogen and oxygen atoms in total. The molecule has 2 saturated carbocycles.